The number of fused-ring (bicyclic) bond motifs is 1. The Hall–Kier alpha value is -2.45. The van der Waals surface area contributed by atoms with Crippen LogP contribution in [0.2, 0.25) is 0 Å². The molecule has 0 bridgehead atoms. The van der Waals surface area contributed by atoms with Gasteiger partial charge in [-0.2, -0.15) is 0 Å². The van der Waals surface area contributed by atoms with Crippen LogP contribution < -0.4 is 16.0 Å². The first-order valence-electron chi connectivity index (χ1n) is 9.98. The highest BCUT2D eigenvalue weighted by Gasteiger charge is 2.26. The molecule has 154 valence electrons. The van der Waals surface area contributed by atoms with E-state index >= 15 is 0 Å². The first-order valence-corrected chi connectivity index (χ1v) is 10.8. The molecule has 1 aromatic heterocycles. The summed E-state index contributed by atoms with van der Waals surface area (Å²) in [5.74, 6) is -0.830. The summed E-state index contributed by atoms with van der Waals surface area (Å²) in [6.07, 6.45) is 3.96. The van der Waals surface area contributed by atoms with Crippen molar-refractivity contribution < 1.29 is 14.0 Å². The standard InChI is InChI=1S/C21H25FN4O2S/c22-14-5-7-15(8-6-14)26-11-9-25(10-12-26)13-18(27)24-21-19(20(23)28)16-3-1-2-4-17(16)29-21/h5-8H,1-4,9-13H2,(H2,23,28)(H,24,27). The maximum absolute atomic E-state index is 13.1. The van der Waals surface area contributed by atoms with Gasteiger partial charge in [0.2, 0.25) is 5.91 Å². The lowest BCUT2D eigenvalue weighted by Crippen LogP contribution is -2.48. The molecule has 0 unspecified atom stereocenters. The number of hydrogen-bond donors (Lipinski definition) is 2. The van der Waals surface area contributed by atoms with Crippen LogP contribution in [-0.4, -0.2) is 49.4 Å². The summed E-state index contributed by atoms with van der Waals surface area (Å²) in [4.78, 5) is 30.0. The Kier molecular flexibility index (Phi) is 5.82. The fourth-order valence-electron chi connectivity index (χ4n) is 4.10. The molecule has 4 rings (SSSR count). The van der Waals surface area contributed by atoms with Gasteiger partial charge in [0.05, 0.1) is 12.1 Å². The number of piperazine rings is 1. The van der Waals surface area contributed by atoms with Crippen LogP contribution in [0.5, 0.6) is 0 Å². The molecule has 1 aliphatic carbocycles. The first kappa shape index (κ1) is 19.8. The lowest BCUT2D eigenvalue weighted by Gasteiger charge is -2.35. The van der Waals surface area contributed by atoms with Crippen molar-refractivity contribution in [3.63, 3.8) is 0 Å². The third-order valence-corrected chi connectivity index (χ3v) is 6.81. The van der Waals surface area contributed by atoms with E-state index in [-0.39, 0.29) is 18.3 Å². The van der Waals surface area contributed by atoms with Crippen LogP contribution in [0.25, 0.3) is 0 Å². The van der Waals surface area contributed by atoms with E-state index in [1.54, 1.807) is 12.1 Å². The van der Waals surface area contributed by atoms with Crippen molar-refractivity contribution in [2.75, 3.05) is 42.9 Å². The number of aryl methyl sites for hydroxylation is 1. The predicted octanol–water partition coefficient (Wildman–Crippen LogP) is 2.63. The summed E-state index contributed by atoms with van der Waals surface area (Å²) in [6.45, 7) is 3.32. The molecule has 2 heterocycles. The summed E-state index contributed by atoms with van der Waals surface area (Å²) >= 11 is 1.49. The number of carbonyl (C=O) groups excluding carboxylic acids is 2. The van der Waals surface area contributed by atoms with Crippen LogP contribution in [0.1, 0.15) is 33.6 Å². The van der Waals surface area contributed by atoms with Crippen LogP contribution >= 0.6 is 11.3 Å². The van der Waals surface area contributed by atoms with Crippen molar-refractivity contribution in [3.8, 4) is 0 Å². The molecule has 2 aliphatic rings. The average molecular weight is 417 g/mol. The summed E-state index contributed by atoms with van der Waals surface area (Å²) in [6, 6.07) is 6.49. The van der Waals surface area contributed by atoms with Crippen molar-refractivity contribution in [1.82, 2.24) is 4.90 Å². The molecule has 8 heteroatoms. The minimum Gasteiger partial charge on any atom is -0.369 e. The van der Waals surface area contributed by atoms with Gasteiger partial charge >= 0.3 is 0 Å². The number of halogens is 1. The van der Waals surface area contributed by atoms with Crippen molar-refractivity contribution in [3.05, 3.63) is 46.1 Å². The van der Waals surface area contributed by atoms with Crippen LogP contribution in [-0.2, 0) is 17.6 Å². The number of thiophene rings is 1. The number of nitrogens with one attached hydrogen (secondary N) is 1. The highest BCUT2D eigenvalue weighted by molar-refractivity contribution is 7.17. The predicted molar refractivity (Wildman–Crippen MR) is 113 cm³/mol. The molecular formula is C21H25FN4O2S. The van der Waals surface area contributed by atoms with Gasteiger partial charge < -0.3 is 16.0 Å². The fraction of sp³-hybridized carbons (Fsp3) is 0.429. The van der Waals surface area contributed by atoms with Gasteiger partial charge in [-0.05, 0) is 55.5 Å². The minimum atomic E-state index is -0.465. The molecule has 1 aliphatic heterocycles. The molecule has 0 atom stereocenters. The molecule has 2 aromatic rings. The zero-order valence-corrected chi connectivity index (χ0v) is 17.1. The second-order valence-electron chi connectivity index (χ2n) is 7.57. The van der Waals surface area contributed by atoms with E-state index in [2.05, 4.69) is 15.1 Å². The number of carbonyl (C=O) groups is 2. The Morgan fingerprint density at radius 1 is 1.07 bits per heavy atom. The van der Waals surface area contributed by atoms with Crippen molar-refractivity contribution in [2.24, 2.45) is 5.73 Å². The molecular weight excluding hydrogens is 391 g/mol. The maximum Gasteiger partial charge on any atom is 0.251 e. The van der Waals surface area contributed by atoms with E-state index in [1.165, 1.54) is 28.3 Å². The monoisotopic (exact) mass is 416 g/mol. The number of anilines is 2. The minimum absolute atomic E-state index is 0.124. The molecule has 29 heavy (non-hydrogen) atoms. The Morgan fingerprint density at radius 2 is 1.76 bits per heavy atom. The second-order valence-corrected chi connectivity index (χ2v) is 8.67. The number of nitrogens with two attached hydrogens (primary N) is 1. The number of rotatable bonds is 5. The molecule has 3 N–H and O–H groups in total. The summed E-state index contributed by atoms with van der Waals surface area (Å²) in [7, 11) is 0. The Labute approximate surface area is 173 Å². The maximum atomic E-state index is 13.1. The number of nitrogens with zero attached hydrogens (tertiary/aromatic N) is 2. The molecule has 1 aromatic carbocycles. The van der Waals surface area contributed by atoms with Gasteiger partial charge in [0, 0.05) is 36.7 Å². The molecule has 1 fully saturated rings. The zero-order chi connectivity index (χ0) is 20.4. The van der Waals surface area contributed by atoms with Gasteiger partial charge in [0.15, 0.2) is 0 Å². The SMILES string of the molecule is NC(=O)c1c(NC(=O)CN2CCN(c3ccc(F)cc3)CC2)sc2c1CCCC2. The first-order chi connectivity index (χ1) is 14.0. The van der Waals surface area contributed by atoms with Gasteiger partial charge in [-0.15, -0.1) is 11.3 Å². The topological polar surface area (TPSA) is 78.7 Å². The van der Waals surface area contributed by atoms with E-state index in [0.29, 0.717) is 10.6 Å². The Balaban J connectivity index is 1.34. The van der Waals surface area contributed by atoms with Crippen LogP contribution in [0.3, 0.4) is 0 Å². The number of primary amides is 1. The quantitative estimate of drug-likeness (QED) is 0.785. The van der Waals surface area contributed by atoms with Crippen LogP contribution in [0.15, 0.2) is 24.3 Å². The molecule has 0 saturated carbocycles. The number of hydrogen-bond acceptors (Lipinski definition) is 5. The van der Waals surface area contributed by atoms with Crippen LogP contribution in [0.4, 0.5) is 15.1 Å². The lowest BCUT2D eigenvalue weighted by molar-refractivity contribution is -0.117. The normalized spacial score (nSPS) is 17.1. The molecule has 0 spiro atoms. The highest BCUT2D eigenvalue weighted by Crippen LogP contribution is 2.37. The summed E-state index contributed by atoms with van der Waals surface area (Å²) in [5, 5.41) is 3.52. The Bertz CT molecular complexity index is 904. The third-order valence-electron chi connectivity index (χ3n) is 5.60. The van der Waals surface area contributed by atoms with Gasteiger partial charge in [-0.25, -0.2) is 4.39 Å². The highest BCUT2D eigenvalue weighted by atomic mass is 32.1. The van der Waals surface area contributed by atoms with Gasteiger partial charge in [-0.1, -0.05) is 0 Å². The number of amides is 2. The van der Waals surface area contributed by atoms with Crippen molar-refractivity contribution in [1.29, 1.82) is 0 Å². The van der Waals surface area contributed by atoms with Crippen LogP contribution in [0, 0.1) is 5.82 Å². The van der Waals surface area contributed by atoms with E-state index < -0.39 is 5.91 Å². The van der Waals surface area contributed by atoms with Gasteiger partial charge in [0.1, 0.15) is 10.8 Å². The molecule has 2 amide bonds. The van der Waals surface area contributed by atoms with Gasteiger partial charge in [-0.3, -0.25) is 14.5 Å². The largest absolute Gasteiger partial charge is 0.369 e. The van der Waals surface area contributed by atoms with Gasteiger partial charge in [0.25, 0.3) is 5.91 Å². The van der Waals surface area contributed by atoms with E-state index in [0.717, 1.165) is 63.1 Å². The van der Waals surface area contributed by atoms with E-state index in [9.17, 15) is 14.0 Å². The summed E-state index contributed by atoms with van der Waals surface area (Å²) in [5.41, 5.74) is 8.12. The average Bonchev–Trinajstić information content (AvgIpc) is 3.07. The lowest BCUT2D eigenvalue weighted by atomic mass is 9.95. The van der Waals surface area contributed by atoms with Crippen molar-refractivity contribution in [2.45, 2.75) is 25.7 Å². The van der Waals surface area contributed by atoms with E-state index in [4.69, 9.17) is 5.73 Å². The Morgan fingerprint density at radius 3 is 2.45 bits per heavy atom. The molecule has 1 saturated heterocycles. The molecule has 0 radical (unpaired) electrons. The summed E-state index contributed by atoms with van der Waals surface area (Å²) < 4.78 is 13.1. The fourth-order valence-corrected chi connectivity index (χ4v) is 5.41. The van der Waals surface area contributed by atoms with Crippen molar-refractivity contribution >= 4 is 33.8 Å². The zero-order valence-electron chi connectivity index (χ0n) is 16.2. The second kappa shape index (κ2) is 8.51. The van der Waals surface area contributed by atoms with E-state index in [1.807, 2.05) is 0 Å². The smallest absolute Gasteiger partial charge is 0.251 e. The third kappa shape index (κ3) is 4.43. The molecule has 6 nitrogen and oxygen atoms in total. The number of benzene rings is 1.